The molecule has 1 atom stereocenters. The van der Waals surface area contributed by atoms with Gasteiger partial charge >= 0.3 is 0 Å². The molecule has 1 aliphatic heterocycles. The third-order valence-corrected chi connectivity index (χ3v) is 4.94. The second kappa shape index (κ2) is 10.6. The van der Waals surface area contributed by atoms with Gasteiger partial charge in [0.2, 0.25) is 0 Å². The van der Waals surface area contributed by atoms with Crippen LogP contribution in [0.4, 0.5) is 0 Å². The summed E-state index contributed by atoms with van der Waals surface area (Å²) in [6.07, 6.45) is -0.662. The summed E-state index contributed by atoms with van der Waals surface area (Å²) >= 11 is 0. The van der Waals surface area contributed by atoms with E-state index in [0.29, 0.717) is 50.0 Å². The maximum atomic E-state index is 12.7. The topological polar surface area (TPSA) is 88.5 Å². The Morgan fingerprint density at radius 2 is 1.52 bits per heavy atom. The van der Waals surface area contributed by atoms with Crippen molar-refractivity contribution in [2.24, 2.45) is 0 Å². The van der Waals surface area contributed by atoms with E-state index in [2.05, 4.69) is 0 Å². The number of aromatic hydroxyl groups is 1. The monoisotopic (exact) mass is 428 g/mol. The Kier molecular flexibility index (Phi) is 7.59. The van der Waals surface area contributed by atoms with Crippen LogP contribution in [0, 0.1) is 0 Å². The summed E-state index contributed by atoms with van der Waals surface area (Å²) in [6.45, 7) is 5.75. The Morgan fingerprint density at radius 3 is 2.13 bits per heavy atom. The fourth-order valence-electron chi connectivity index (χ4n) is 3.29. The van der Waals surface area contributed by atoms with Gasteiger partial charge < -0.3 is 29.1 Å². The molecule has 2 aromatic rings. The van der Waals surface area contributed by atoms with Crippen molar-refractivity contribution in [2.75, 3.05) is 39.4 Å². The molecule has 1 N–H and O–H groups in total. The normalized spacial score (nSPS) is 14.6. The van der Waals surface area contributed by atoms with E-state index in [-0.39, 0.29) is 24.2 Å². The lowest BCUT2D eigenvalue weighted by molar-refractivity contribution is -0.144. The van der Waals surface area contributed by atoms with Crippen molar-refractivity contribution >= 4 is 11.8 Å². The number of phenolic OH excluding ortho intramolecular Hbond substituents is 1. The molecular formula is C23H28N2O6. The molecule has 0 bridgehead atoms. The van der Waals surface area contributed by atoms with Crippen molar-refractivity contribution in [1.29, 1.82) is 0 Å². The van der Waals surface area contributed by atoms with Crippen LogP contribution in [0.25, 0.3) is 0 Å². The highest BCUT2D eigenvalue weighted by atomic mass is 16.5. The second-order valence-electron chi connectivity index (χ2n) is 7.13. The van der Waals surface area contributed by atoms with Crippen LogP contribution in [0.1, 0.15) is 13.8 Å². The Morgan fingerprint density at radius 1 is 0.935 bits per heavy atom. The van der Waals surface area contributed by atoms with Gasteiger partial charge in [0.25, 0.3) is 11.8 Å². The van der Waals surface area contributed by atoms with E-state index in [9.17, 15) is 14.7 Å². The molecule has 0 saturated carbocycles. The van der Waals surface area contributed by atoms with Crippen LogP contribution >= 0.6 is 0 Å². The molecule has 1 aliphatic rings. The van der Waals surface area contributed by atoms with Gasteiger partial charge in [-0.25, -0.2) is 0 Å². The molecule has 0 spiro atoms. The number of hydrogen-bond acceptors (Lipinski definition) is 6. The van der Waals surface area contributed by atoms with Gasteiger partial charge in [-0.2, -0.15) is 0 Å². The van der Waals surface area contributed by atoms with Crippen molar-refractivity contribution in [3.05, 3.63) is 48.5 Å². The predicted molar refractivity (Wildman–Crippen MR) is 114 cm³/mol. The highest BCUT2D eigenvalue weighted by molar-refractivity contribution is 5.82. The van der Waals surface area contributed by atoms with Crippen LogP contribution in [0.3, 0.4) is 0 Å². The lowest BCUT2D eigenvalue weighted by atomic mass is 10.2. The van der Waals surface area contributed by atoms with Crippen molar-refractivity contribution < 1.29 is 28.9 Å². The zero-order valence-electron chi connectivity index (χ0n) is 17.8. The number of piperazine rings is 1. The second-order valence-corrected chi connectivity index (χ2v) is 7.13. The third kappa shape index (κ3) is 6.04. The zero-order chi connectivity index (χ0) is 22.2. The SMILES string of the molecule is CCOc1ccccc1OCC(=O)N1CCN(C(=O)C(C)Oc2ccc(O)cc2)CC1. The number of phenols is 1. The van der Waals surface area contributed by atoms with Crippen LogP contribution in [0.5, 0.6) is 23.0 Å². The number of hydrogen-bond donors (Lipinski definition) is 1. The van der Waals surface area contributed by atoms with E-state index in [1.807, 2.05) is 19.1 Å². The number of carbonyl (C=O) groups excluding carboxylic acids is 2. The smallest absolute Gasteiger partial charge is 0.263 e. The first-order valence-corrected chi connectivity index (χ1v) is 10.3. The number of rotatable bonds is 8. The summed E-state index contributed by atoms with van der Waals surface area (Å²) in [5.74, 6) is 1.52. The molecule has 1 heterocycles. The van der Waals surface area contributed by atoms with Gasteiger partial charge in [0, 0.05) is 26.2 Å². The predicted octanol–water partition coefficient (Wildman–Crippen LogP) is 2.31. The number of nitrogens with zero attached hydrogens (tertiary/aromatic N) is 2. The molecule has 8 nitrogen and oxygen atoms in total. The molecule has 0 radical (unpaired) electrons. The number of para-hydroxylation sites is 2. The first-order chi connectivity index (χ1) is 15.0. The molecule has 2 amide bonds. The first-order valence-electron chi connectivity index (χ1n) is 10.3. The quantitative estimate of drug-likeness (QED) is 0.694. The molecule has 2 aromatic carbocycles. The van der Waals surface area contributed by atoms with Crippen molar-refractivity contribution in [1.82, 2.24) is 9.80 Å². The van der Waals surface area contributed by atoms with Crippen LogP contribution in [0.2, 0.25) is 0 Å². The zero-order valence-corrected chi connectivity index (χ0v) is 17.8. The average molecular weight is 428 g/mol. The Bertz CT molecular complexity index is 878. The maximum absolute atomic E-state index is 12.7. The minimum absolute atomic E-state index is 0.0849. The van der Waals surface area contributed by atoms with E-state index in [0.717, 1.165) is 0 Å². The summed E-state index contributed by atoms with van der Waals surface area (Å²) in [4.78, 5) is 28.6. The van der Waals surface area contributed by atoms with Crippen LogP contribution in [-0.4, -0.2) is 72.2 Å². The molecular weight excluding hydrogens is 400 g/mol. The van der Waals surface area contributed by atoms with Crippen molar-refractivity contribution in [3.8, 4) is 23.0 Å². The van der Waals surface area contributed by atoms with Gasteiger partial charge in [0.05, 0.1) is 6.61 Å². The van der Waals surface area contributed by atoms with Gasteiger partial charge in [-0.15, -0.1) is 0 Å². The number of benzene rings is 2. The number of ether oxygens (including phenoxy) is 3. The van der Waals surface area contributed by atoms with E-state index in [1.165, 1.54) is 12.1 Å². The van der Waals surface area contributed by atoms with E-state index in [1.54, 1.807) is 41.0 Å². The van der Waals surface area contributed by atoms with Gasteiger partial charge in [-0.1, -0.05) is 12.1 Å². The van der Waals surface area contributed by atoms with Crippen molar-refractivity contribution in [3.63, 3.8) is 0 Å². The minimum atomic E-state index is -0.662. The highest BCUT2D eigenvalue weighted by Gasteiger charge is 2.28. The molecule has 166 valence electrons. The van der Waals surface area contributed by atoms with Gasteiger partial charge in [-0.05, 0) is 50.2 Å². The van der Waals surface area contributed by atoms with Crippen LogP contribution < -0.4 is 14.2 Å². The molecule has 1 fully saturated rings. The highest BCUT2D eigenvalue weighted by Crippen LogP contribution is 2.26. The Labute approximate surface area is 181 Å². The molecule has 8 heteroatoms. The number of carbonyl (C=O) groups is 2. The summed E-state index contributed by atoms with van der Waals surface area (Å²) < 4.78 is 16.8. The molecule has 3 rings (SSSR count). The minimum Gasteiger partial charge on any atom is -0.508 e. The first kappa shape index (κ1) is 22.3. The lowest BCUT2D eigenvalue weighted by Gasteiger charge is -2.35. The average Bonchev–Trinajstić information content (AvgIpc) is 2.79. The van der Waals surface area contributed by atoms with Crippen molar-refractivity contribution in [2.45, 2.75) is 20.0 Å². The van der Waals surface area contributed by atoms with Gasteiger partial charge in [0.1, 0.15) is 11.5 Å². The molecule has 0 aliphatic carbocycles. The van der Waals surface area contributed by atoms with E-state index >= 15 is 0 Å². The summed E-state index contributed by atoms with van der Waals surface area (Å²) in [5, 5.41) is 9.34. The molecule has 31 heavy (non-hydrogen) atoms. The summed E-state index contributed by atoms with van der Waals surface area (Å²) in [6, 6.07) is 13.5. The summed E-state index contributed by atoms with van der Waals surface area (Å²) in [7, 11) is 0. The molecule has 1 unspecified atom stereocenters. The molecule has 0 aromatic heterocycles. The van der Waals surface area contributed by atoms with Crippen LogP contribution in [0.15, 0.2) is 48.5 Å². The van der Waals surface area contributed by atoms with Gasteiger partial charge in [-0.3, -0.25) is 9.59 Å². The lowest BCUT2D eigenvalue weighted by Crippen LogP contribution is -2.54. The van der Waals surface area contributed by atoms with Gasteiger partial charge in [0.15, 0.2) is 24.2 Å². The maximum Gasteiger partial charge on any atom is 0.263 e. The fraction of sp³-hybridized carbons (Fsp3) is 0.391. The Hall–Kier alpha value is -3.42. The Balaban J connectivity index is 1.45. The third-order valence-electron chi connectivity index (χ3n) is 4.94. The van der Waals surface area contributed by atoms with E-state index in [4.69, 9.17) is 14.2 Å². The van der Waals surface area contributed by atoms with E-state index < -0.39 is 6.10 Å². The standard InChI is InChI=1S/C23H28N2O6/c1-3-29-20-6-4-5-7-21(20)30-16-22(27)24-12-14-25(15-13-24)23(28)17(2)31-19-10-8-18(26)9-11-19/h4-11,17,26H,3,12-16H2,1-2H3. The fourth-order valence-corrected chi connectivity index (χ4v) is 3.29. The largest absolute Gasteiger partial charge is 0.508 e. The number of amides is 2. The van der Waals surface area contributed by atoms with Crippen LogP contribution in [-0.2, 0) is 9.59 Å². The summed E-state index contributed by atoms with van der Waals surface area (Å²) in [5.41, 5.74) is 0. The molecule has 1 saturated heterocycles.